The molecular formula is C10H13NOS. The fraction of sp³-hybridized carbons (Fsp3) is 0.800. The number of fused-ring (bicyclic) bond motifs is 2. The van der Waals surface area contributed by atoms with E-state index in [-0.39, 0.29) is 0 Å². The van der Waals surface area contributed by atoms with Crippen LogP contribution in [0.5, 0.6) is 0 Å². The number of carbonyl (C=O) groups excluding carboxylic acids is 1. The molecule has 0 aliphatic heterocycles. The fourth-order valence-electron chi connectivity index (χ4n) is 2.97. The molecule has 2 fully saturated rings. The Labute approximate surface area is 83.4 Å². The van der Waals surface area contributed by atoms with Crippen molar-refractivity contribution >= 4 is 23.2 Å². The Morgan fingerprint density at radius 3 is 2.62 bits per heavy atom. The van der Waals surface area contributed by atoms with E-state index in [1.165, 1.54) is 6.42 Å². The highest BCUT2D eigenvalue weighted by Crippen LogP contribution is 2.49. The third-order valence-corrected chi connectivity index (χ3v) is 3.67. The summed E-state index contributed by atoms with van der Waals surface area (Å²) in [7, 11) is 0. The van der Waals surface area contributed by atoms with Crippen LogP contribution in [0.25, 0.3) is 0 Å². The van der Waals surface area contributed by atoms with Gasteiger partial charge in [-0.25, -0.2) is 4.99 Å². The Morgan fingerprint density at radius 1 is 1.38 bits per heavy atom. The number of hydrogen-bond donors (Lipinski definition) is 0. The molecule has 2 aliphatic carbocycles. The number of thiocarbonyl (C=S) groups is 1. The van der Waals surface area contributed by atoms with E-state index in [0.717, 1.165) is 12.8 Å². The molecule has 2 nitrogen and oxygen atoms in total. The van der Waals surface area contributed by atoms with Crippen LogP contribution >= 0.6 is 12.2 Å². The highest BCUT2D eigenvalue weighted by Gasteiger charge is 2.47. The van der Waals surface area contributed by atoms with Crippen LogP contribution in [0.15, 0.2) is 4.99 Å². The number of isothiocyanates is 1. The first kappa shape index (κ1) is 9.04. The lowest BCUT2D eigenvalue weighted by atomic mass is 9.84. The summed E-state index contributed by atoms with van der Waals surface area (Å²) in [6.45, 7) is 1.71. The lowest BCUT2D eigenvalue weighted by Gasteiger charge is -2.22. The zero-order valence-electron chi connectivity index (χ0n) is 7.69. The average molecular weight is 195 g/mol. The fourth-order valence-corrected chi connectivity index (χ4v) is 3.10. The van der Waals surface area contributed by atoms with Crippen molar-refractivity contribution in [3.05, 3.63) is 0 Å². The van der Waals surface area contributed by atoms with Gasteiger partial charge in [-0.3, -0.25) is 4.79 Å². The van der Waals surface area contributed by atoms with E-state index in [1.807, 2.05) is 0 Å². The molecule has 0 heterocycles. The van der Waals surface area contributed by atoms with Crippen LogP contribution in [0.1, 0.15) is 26.2 Å². The van der Waals surface area contributed by atoms with Gasteiger partial charge in [0.15, 0.2) is 0 Å². The molecule has 2 aliphatic rings. The molecule has 0 radical (unpaired) electrons. The molecule has 0 amide bonds. The molecule has 0 aromatic rings. The molecular weight excluding hydrogens is 182 g/mol. The van der Waals surface area contributed by atoms with Crippen molar-refractivity contribution in [1.29, 1.82) is 0 Å². The summed E-state index contributed by atoms with van der Waals surface area (Å²) in [5.74, 6) is 1.87. The van der Waals surface area contributed by atoms with E-state index >= 15 is 0 Å². The second-order valence-electron chi connectivity index (χ2n) is 4.23. The van der Waals surface area contributed by atoms with Gasteiger partial charge in [-0.1, -0.05) is 0 Å². The number of Topliss-reactive ketones (excluding diaryl/α,β-unsaturated/α-hetero) is 1. The van der Waals surface area contributed by atoms with Gasteiger partial charge in [0.2, 0.25) is 0 Å². The van der Waals surface area contributed by atoms with E-state index in [0.29, 0.717) is 29.6 Å². The number of rotatable bonds is 2. The normalized spacial score (nSPS) is 41.6. The van der Waals surface area contributed by atoms with Gasteiger partial charge >= 0.3 is 0 Å². The number of carbonyl (C=O) groups is 1. The van der Waals surface area contributed by atoms with E-state index in [2.05, 4.69) is 22.4 Å². The van der Waals surface area contributed by atoms with Crippen LogP contribution in [0, 0.1) is 17.8 Å². The van der Waals surface area contributed by atoms with Crippen molar-refractivity contribution in [2.45, 2.75) is 32.2 Å². The molecule has 0 N–H and O–H groups in total. The summed E-state index contributed by atoms with van der Waals surface area (Å²) in [5, 5.41) is 2.46. The number of ketones is 1. The summed E-state index contributed by atoms with van der Waals surface area (Å²) in [4.78, 5) is 15.4. The molecule has 0 aromatic carbocycles. The lowest BCUT2D eigenvalue weighted by molar-refractivity contribution is -0.122. The van der Waals surface area contributed by atoms with Crippen molar-refractivity contribution in [3.8, 4) is 0 Å². The van der Waals surface area contributed by atoms with Gasteiger partial charge in [0.1, 0.15) is 5.78 Å². The molecule has 70 valence electrons. The largest absolute Gasteiger partial charge is 0.300 e. The number of hydrogen-bond acceptors (Lipinski definition) is 3. The van der Waals surface area contributed by atoms with Crippen molar-refractivity contribution < 1.29 is 4.79 Å². The average Bonchev–Trinajstić information content (AvgIpc) is 2.62. The molecule has 0 aromatic heterocycles. The van der Waals surface area contributed by atoms with Gasteiger partial charge in [0.25, 0.3) is 0 Å². The van der Waals surface area contributed by atoms with E-state index in [4.69, 9.17) is 0 Å². The van der Waals surface area contributed by atoms with Crippen LogP contribution in [0.2, 0.25) is 0 Å². The zero-order chi connectivity index (χ0) is 9.42. The minimum Gasteiger partial charge on any atom is -0.300 e. The lowest BCUT2D eigenvalue weighted by Crippen LogP contribution is -2.24. The zero-order valence-corrected chi connectivity index (χ0v) is 8.51. The third kappa shape index (κ3) is 1.47. The van der Waals surface area contributed by atoms with Crippen molar-refractivity contribution in [3.63, 3.8) is 0 Å². The Kier molecular flexibility index (Phi) is 2.31. The van der Waals surface area contributed by atoms with Gasteiger partial charge in [-0.2, -0.15) is 0 Å². The molecule has 13 heavy (non-hydrogen) atoms. The summed E-state index contributed by atoms with van der Waals surface area (Å²) in [6.07, 6.45) is 3.26. The SMILES string of the molecule is CC(=O)[C@H]1CC2CC1C[C@@H]2N=C=S. The second-order valence-corrected chi connectivity index (χ2v) is 4.41. The second kappa shape index (κ2) is 3.32. The standard InChI is InChI=1S/C10H13NOS/c1-6(12)9-3-8-2-7(9)4-10(8)11-5-13/h7-10H,2-4H2,1H3/t7?,8?,9-,10+/m1/s1. The first-order valence-electron chi connectivity index (χ1n) is 4.79. The molecule has 2 saturated carbocycles. The van der Waals surface area contributed by atoms with Crippen LogP contribution in [-0.4, -0.2) is 17.0 Å². The Balaban J connectivity index is 2.06. The number of nitrogens with zero attached hydrogens (tertiary/aromatic N) is 1. The van der Waals surface area contributed by atoms with Crippen molar-refractivity contribution in [2.24, 2.45) is 22.7 Å². The van der Waals surface area contributed by atoms with Gasteiger partial charge in [-0.15, -0.1) is 0 Å². The quantitative estimate of drug-likeness (QED) is 0.499. The Bertz CT molecular complexity index is 269. The van der Waals surface area contributed by atoms with E-state index in [1.54, 1.807) is 6.92 Å². The van der Waals surface area contributed by atoms with E-state index in [9.17, 15) is 4.79 Å². The Hall–Kier alpha value is -0.530. The van der Waals surface area contributed by atoms with Crippen LogP contribution in [0.3, 0.4) is 0 Å². The van der Waals surface area contributed by atoms with Gasteiger partial charge in [0, 0.05) is 5.92 Å². The predicted octanol–water partition coefficient (Wildman–Crippen LogP) is 2.09. The monoisotopic (exact) mass is 195 g/mol. The maximum atomic E-state index is 11.2. The van der Waals surface area contributed by atoms with E-state index < -0.39 is 0 Å². The number of aliphatic imine (C=N–C) groups is 1. The van der Waals surface area contributed by atoms with Crippen LogP contribution < -0.4 is 0 Å². The van der Waals surface area contributed by atoms with Crippen LogP contribution in [0.4, 0.5) is 0 Å². The van der Waals surface area contributed by atoms with Crippen molar-refractivity contribution in [2.75, 3.05) is 0 Å². The topological polar surface area (TPSA) is 29.4 Å². The van der Waals surface area contributed by atoms with Gasteiger partial charge < -0.3 is 0 Å². The first-order chi connectivity index (χ1) is 6.22. The maximum absolute atomic E-state index is 11.2. The minimum atomic E-state index is 0.321. The van der Waals surface area contributed by atoms with Gasteiger partial charge in [0.05, 0.1) is 11.2 Å². The Morgan fingerprint density at radius 2 is 2.15 bits per heavy atom. The molecule has 0 spiro atoms. The van der Waals surface area contributed by atoms with Gasteiger partial charge in [-0.05, 0) is 50.2 Å². The maximum Gasteiger partial charge on any atom is 0.133 e. The third-order valence-electron chi connectivity index (χ3n) is 3.56. The van der Waals surface area contributed by atoms with Crippen LogP contribution in [-0.2, 0) is 4.79 Å². The highest BCUT2D eigenvalue weighted by molar-refractivity contribution is 7.78. The minimum absolute atomic E-state index is 0.321. The molecule has 2 rings (SSSR count). The summed E-state index contributed by atoms with van der Waals surface area (Å²) in [5.41, 5.74) is 0. The first-order valence-corrected chi connectivity index (χ1v) is 5.20. The predicted molar refractivity (Wildman–Crippen MR) is 53.8 cm³/mol. The van der Waals surface area contributed by atoms with Crippen molar-refractivity contribution in [1.82, 2.24) is 0 Å². The summed E-state index contributed by atoms with van der Waals surface area (Å²) >= 11 is 4.60. The highest BCUT2D eigenvalue weighted by atomic mass is 32.1. The smallest absolute Gasteiger partial charge is 0.133 e. The molecule has 4 atom stereocenters. The summed E-state index contributed by atoms with van der Waals surface area (Å²) < 4.78 is 0. The molecule has 3 heteroatoms. The molecule has 2 unspecified atom stereocenters. The molecule has 0 saturated heterocycles. The summed E-state index contributed by atoms with van der Waals surface area (Å²) in [6, 6.07) is 0.373. The molecule has 2 bridgehead atoms.